The van der Waals surface area contributed by atoms with E-state index in [1.165, 1.54) is 6.42 Å². The lowest BCUT2D eigenvalue weighted by Gasteiger charge is -2.17. The van der Waals surface area contributed by atoms with Crippen molar-refractivity contribution in [3.8, 4) is 11.4 Å². The van der Waals surface area contributed by atoms with Crippen LogP contribution in [0, 0.1) is 5.92 Å². The lowest BCUT2D eigenvalue weighted by Crippen LogP contribution is -2.18. The van der Waals surface area contributed by atoms with Gasteiger partial charge in [0.25, 0.3) is 0 Å². The van der Waals surface area contributed by atoms with Crippen molar-refractivity contribution in [1.29, 1.82) is 0 Å². The summed E-state index contributed by atoms with van der Waals surface area (Å²) in [5.74, 6) is 2.72. The average Bonchev–Trinajstić information content (AvgIpc) is 2.73. The minimum absolute atomic E-state index is 0.720. The van der Waals surface area contributed by atoms with Crippen LogP contribution >= 0.6 is 0 Å². The number of aromatic nitrogens is 3. The molecule has 3 rings (SSSR count). The largest absolute Gasteiger partial charge is 0.249 e. The number of hydrogen-bond acceptors (Lipinski definition) is 2. The molecule has 3 nitrogen and oxygen atoms in total. The van der Waals surface area contributed by atoms with Gasteiger partial charge in [-0.3, -0.25) is 0 Å². The van der Waals surface area contributed by atoms with Crippen molar-refractivity contribution in [1.82, 2.24) is 14.8 Å². The van der Waals surface area contributed by atoms with Gasteiger partial charge in [-0.25, -0.2) is 9.67 Å². The van der Waals surface area contributed by atoms with Gasteiger partial charge in [-0.1, -0.05) is 37.3 Å². The van der Waals surface area contributed by atoms with Crippen molar-refractivity contribution in [2.75, 3.05) is 0 Å². The van der Waals surface area contributed by atoms with Crippen LogP contribution in [0.3, 0.4) is 0 Å². The summed E-state index contributed by atoms with van der Waals surface area (Å²) in [7, 11) is 0. The Morgan fingerprint density at radius 1 is 1.25 bits per heavy atom. The summed E-state index contributed by atoms with van der Waals surface area (Å²) < 4.78 is 2.07. The summed E-state index contributed by atoms with van der Waals surface area (Å²) in [6.45, 7) is 3.28. The number of aryl methyl sites for hydroxylation is 1. The molecule has 3 heteroatoms. The normalized spacial score (nSPS) is 19.4. The van der Waals surface area contributed by atoms with Gasteiger partial charge in [0.2, 0.25) is 0 Å². The molecule has 1 aliphatic rings. The second-order valence-corrected chi connectivity index (χ2v) is 4.54. The molecule has 1 aliphatic heterocycles. The van der Waals surface area contributed by atoms with Gasteiger partial charge in [0, 0.05) is 18.5 Å². The molecule has 1 aromatic heterocycles. The molecular formula is C13H15N3. The highest BCUT2D eigenvalue weighted by molar-refractivity contribution is 5.54. The Bertz CT molecular complexity index is 487. The number of nitrogens with zero attached hydrogens (tertiary/aromatic N) is 3. The Labute approximate surface area is 95.1 Å². The number of fused-ring (bicyclic) bond motifs is 1. The first-order chi connectivity index (χ1) is 7.83. The molecule has 0 radical (unpaired) electrons. The van der Waals surface area contributed by atoms with Crippen LogP contribution in [0.5, 0.6) is 0 Å². The van der Waals surface area contributed by atoms with Crippen LogP contribution in [0.2, 0.25) is 0 Å². The highest BCUT2D eigenvalue weighted by Crippen LogP contribution is 2.21. The van der Waals surface area contributed by atoms with Crippen molar-refractivity contribution in [3.63, 3.8) is 0 Å². The highest BCUT2D eigenvalue weighted by Gasteiger charge is 2.18. The van der Waals surface area contributed by atoms with E-state index in [9.17, 15) is 0 Å². The number of rotatable bonds is 1. The summed E-state index contributed by atoms with van der Waals surface area (Å²) in [5.41, 5.74) is 1.11. The Kier molecular flexibility index (Phi) is 2.24. The molecule has 2 aromatic rings. The topological polar surface area (TPSA) is 30.7 Å². The van der Waals surface area contributed by atoms with E-state index in [0.29, 0.717) is 0 Å². The molecule has 0 aliphatic carbocycles. The van der Waals surface area contributed by atoms with Crippen LogP contribution < -0.4 is 0 Å². The third kappa shape index (κ3) is 1.62. The third-order valence-electron chi connectivity index (χ3n) is 3.13. The fraction of sp³-hybridized carbons (Fsp3) is 0.385. The van der Waals surface area contributed by atoms with E-state index in [0.717, 1.165) is 36.1 Å². The maximum atomic E-state index is 4.61. The molecule has 1 atom stereocenters. The SMILES string of the molecule is CC1CCc2nc(-c3ccccc3)nn2C1. The lowest BCUT2D eigenvalue weighted by atomic mass is 10.0. The summed E-state index contributed by atoms with van der Waals surface area (Å²) in [4.78, 5) is 4.61. The minimum atomic E-state index is 0.720. The molecule has 82 valence electrons. The molecule has 2 heterocycles. The standard InChI is InChI=1S/C13H15N3/c1-10-7-8-12-14-13(15-16(12)9-10)11-5-3-2-4-6-11/h2-6,10H,7-9H2,1H3. The molecule has 0 fully saturated rings. The van der Waals surface area contributed by atoms with Gasteiger partial charge in [0.15, 0.2) is 5.82 Å². The van der Waals surface area contributed by atoms with E-state index >= 15 is 0 Å². The van der Waals surface area contributed by atoms with E-state index < -0.39 is 0 Å². The van der Waals surface area contributed by atoms with Crippen LogP contribution in [-0.2, 0) is 13.0 Å². The molecule has 0 amide bonds. The average molecular weight is 213 g/mol. The quantitative estimate of drug-likeness (QED) is 0.728. The van der Waals surface area contributed by atoms with Crippen molar-refractivity contribution in [2.24, 2.45) is 5.92 Å². The second-order valence-electron chi connectivity index (χ2n) is 4.54. The molecule has 0 bridgehead atoms. The Balaban J connectivity index is 1.99. The predicted molar refractivity (Wildman–Crippen MR) is 62.9 cm³/mol. The first kappa shape index (κ1) is 9.58. The first-order valence-corrected chi connectivity index (χ1v) is 5.82. The summed E-state index contributed by atoms with van der Waals surface area (Å²) in [5, 5.41) is 4.58. The zero-order valence-electron chi connectivity index (χ0n) is 9.43. The maximum Gasteiger partial charge on any atom is 0.181 e. The van der Waals surface area contributed by atoms with E-state index in [1.807, 2.05) is 18.2 Å². The second kappa shape index (κ2) is 3.74. The first-order valence-electron chi connectivity index (χ1n) is 5.82. The van der Waals surface area contributed by atoms with E-state index in [2.05, 4.69) is 33.8 Å². The summed E-state index contributed by atoms with van der Waals surface area (Å²) in [6.07, 6.45) is 2.29. The van der Waals surface area contributed by atoms with Crippen molar-refractivity contribution in [2.45, 2.75) is 26.3 Å². The Hall–Kier alpha value is -1.64. The van der Waals surface area contributed by atoms with E-state index in [-0.39, 0.29) is 0 Å². The molecule has 16 heavy (non-hydrogen) atoms. The number of benzene rings is 1. The van der Waals surface area contributed by atoms with Gasteiger partial charge in [-0.2, -0.15) is 5.10 Å². The minimum Gasteiger partial charge on any atom is -0.249 e. The fourth-order valence-corrected chi connectivity index (χ4v) is 2.18. The van der Waals surface area contributed by atoms with Crippen LogP contribution in [0.25, 0.3) is 11.4 Å². The molecule has 1 unspecified atom stereocenters. The van der Waals surface area contributed by atoms with E-state index in [1.54, 1.807) is 0 Å². The van der Waals surface area contributed by atoms with Crippen LogP contribution in [0.4, 0.5) is 0 Å². The van der Waals surface area contributed by atoms with Gasteiger partial charge in [0.1, 0.15) is 5.82 Å². The zero-order valence-corrected chi connectivity index (χ0v) is 9.43. The van der Waals surface area contributed by atoms with Crippen molar-refractivity contribution in [3.05, 3.63) is 36.2 Å². The molecule has 1 aromatic carbocycles. The van der Waals surface area contributed by atoms with Crippen LogP contribution in [-0.4, -0.2) is 14.8 Å². The monoisotopic (exact) mass is 213 g/mol. The number of hydrogen-bond donors (Lipinski definition) is 0. The van der Waals surface area contributed by atoms with Gasteiger partial charge in [0.05, 0.1) is 0 Å². The molecule has 0 saturated heterocycles. The Morgan fingerprint density at radius 3 is 2.88 bits per heavy atom. The van der Waals surface area contributed by atoms with Crippen LogP contribution in [0.1, 0.15) is 19.2 Å². The van der Waals surface area contributed by atoms with Gasteiger partial charge in [-0.15, -0.1) is 0 Å². The smallest absolute Gasteiger partial charge is 0.181 e. The Morgan fingerprint density at radius 2 is 2.06 bits per heavy atom. The van der Waals surface area contributed by atoms with Crippen LogP contribution in [0.15, 0.2) is 30.3 Å². The molecule has 0 N–H and O–H groups in total. The van der Waals surface area contributed by atoms with E-state index in [4.69, 9.17) is 0 Å². The zero-order chi connectivity index (χ0) is 11.0. The third-order valence-corrected chi connectivity index (χ3v) is 3.13. The van der Waals surface area contributed by atoms with Gasteiger partial charge in [-0.05, 0) is 12.3 Å². The lowest BCUT2D eigenvalue weighted by molar-refractivity contribution is 0.368. The molecule has 0 saturated carbocycles. The van der Waals surface area contributed by atoms with Crippen molar-refractivity contribution >= 4 is 0 Å². The van der Waals surface area contributed by atoms with Crippen molar-refractivity contribution < 1.29 is 0 Å². The fourth-order valence-electron chi connectivity index (χ4n) is 2.18. The molecular weight excluding hydrogens is 198 g/mol. The predicted octanol–water partition coefficient (Wildman–Crippen LogP) is 2.53. The summed E-state index contributed by atoms with van der Waals surface area (Å²) >= 11 is 0. The molecule has 0 spiro atoms. The highest BCUT2D eigenvalue weighted by atomic mass is 15.4. The maximum absolute atomic E-state index is 4.61. The van der Waals surface area contributed by atoms with Gasteiger partial charge < -0.3 is 0 Å². The van der Waals surface area contributed by atoms with Gasteiger partial charge >= 0.3 is 0 Å². The summed E-state index contributed by atoms with van der Waals surface area (Å²) in [6, 6.07) is 10.2.